The minimum absolute atomic E-state index is 0. The zero-order valence-electron chi connectivity index (χ0n) is 9.72. The van der Waals surface area contributed by atoms with Crippen molar-refractivity contribution in [2.75, 3.05) is 0 Å². The Labute approximate surface area is 119 Å². The average molecular weight is 327 g/mol. The molecule has 19 heavy (non-hydrogen) atoms. The molecule has 7 heteroatoms. The Balaban J connectivity index is 0.000000324. The molecule has 0 aliphatic heterocycles. The van der Waals surface area contributed by atoms with Crippen LogP contribution in [0.5, 0.6) is 0 Å². The molecule has 2 N–H and O–H groups in total. The first-order valence-electron chi connectivity index (χ1n) is 4.88. The zero-order chi connectivity index (χ0) is 13.4. The van der Waals surface area contributed by atoms with Crippen molar-refractivity contribution in [1.29, 1.82) is 0 Å². The minimum atomic E-state index is -0.942. The standard InChI is InChI=1S/2C6H5NO2.H2Se/c2*8-6(9)5-2-1-3-7-4-5;/h2*1-4H,(H,8,9);1H2. The van der Waals surface area contributed by atoms with Crippen LogP contribution in [0.25, 0.3) is 0 Å². The van der Waals surface area contributed by atoms with Crippen molar-refractivity contribution in [2.45, 2.75) is 0 Å². The Kier molecular flexibility index (Phi) is 7.76. The molecular formula is C12H12N2O4Se. The van der Waals surface area contributed by atoms with Crippen molar-refractivity contribution in [2.24, 2.45) is 0 Å². The number of aromatic carboxylic acids is 2. The van der Waals surface area contributed by atoms with E-state index in [-0.39, 0.29) is 28.2 Å². The molecule has 2 heterocycles. The van der Waals surface area contributed by atoms with E-state index in [1.165, 1.54) is 36.9 Å². The van der Waals surface area contributed by atoms with E-state index >= 15 is 0 Å². The summed E-state index contributed by atoms with van der Waals surface area (Å²) in [6.45, 7) is 0. The fourth-order valence-electron chi connectivity index (χ4n) is 0.979. The molecule has 0 atom stereocenters. The van der Waals surface area contributed by atoms with Crippen LogP contribution in [0, 0.1) is 0 Å². The maximum atomic E-state index is 10.2. The van der Waals surface area contributed by atoms with Gasteiger partial charge in [-0.2, -0.15) is 0 Å². The molecule has 0 aliphatic rings. The Morgan fingerprint density at radius 3 is 1.37 bits per heavy atom. The van der Waals surface area contributed by atoms with E-state index in [0.29, 0.717) is 0 Å². The molecule has 2 aromatic heterocycles. The van der Waals surface area contributed by atoms with Gasteiger partial charge in [0.2, 0.25) is 0 Å². The van der Waals surface area contributed by atoms with E-state index in [0.717, 1.165) is 0 Å². The predicted octanol–water partition coefficient (Wildman–Crippen LogP) is 0.643. The molecule has 0 aromatic carbocycles. The SMILES string of the molecule is O=C(O)c1cccnc1.O=C(O)c1cccnc1.[SeH2]. The van der Waals surface area contributed by atoms with Gasteiger partial charge >= 0.3 is 29.0 Å². The van der Waals surface area contributed by atoms with Gasteiger partial charge in [-0.3, -0.25) is 9.97 Å². The molecule has 0 saturated carbocycles. The van der Waals surface area contributed by atoms with Gasteiger partial charge in [0.25, 0.3) is 0 Å². The van der Waals surface area contributed by atoms with E-state index in [2.05, 4.69) is 9.97 Å². The molecule has 0 amide bonds. The van der Waals surface area contributed by atoms with E-state index in [4.69, 9.17) is 10.2 Å². The number of pyridine rings is 2. The second-order valence-electron chi connectivity index (χ2n) is 3.09. The number of nitrogens with zero attached hydrogens (tertiary/aromatic N) is 2. The van der Waals surface area contributed by atoms with Gasteiger partial charge < -0.3 is 10.2 Å². The van der Waals surface area contributed by atoms with Crippen LogP contribution >= 0.6 is 0 Å². The van der Waals surface area contributed by atoms with Crippen LogP contribution in [0.4, 0.5) is 0 Å². The number of hydrogen-bond acceptors (Lipinski definition) is 4. The summed E-state index contributed by atoms with van der Waals surface area (Å²) < 4.78 is 0. The first-order valence-corrected chi connectivity index (χ1v) is 4.88. The Bertz CT molecular complexity index is 470. The topological polar surface area (TPSA) is 100 Å². The number of rotatable bonds is 2. The van der Waals surface area contributed by atoms with E-state index in [9.17, 15) is 9.59 Å². The van der Waals surface area contributed by atoms with Gasteiger partial charge in [0.1, 0.15) is 0 Å². The van der Waals surface area contributed by atoms with Crippen LogP contribution in [0.15, 0.2) is 49.1 Å². The van der Waals surface area contributed by atoms with Crippen molar-refractivity contribution >= 4 is 29.0 Å². The third-order valence-corrected chi connectivity index (χ3v) is 1.82. The van der Waals surface area contributed by atoms with Gasteiger partial charge in [0.05, 0.1) is 11.1 Å². The summed E-state index contributed by atoms with van der Waals surface area (Å²) in [6, 6.07) is 6.16. The number of carboxylic acid groups (broad SMARTS) is 2. The normalized spacial score (nSPS) is 8.42. The molecule has 0 radical (unpaired) electrons. The second-order valence-corrected chi connectivity index (χ2v) is 3.09. The van der Waals surface area contributed by atoms with Crippen molar-refractivity contribution in [3.05, 3.63) is 60.2 Å². The summed E-state index contributed by atoms with van der Waals surface area (Å²) >= 11 is 0. The van der Waals surface area contributed by atoms with E-state index in [1.54, 1.807) is 12.1 Å². The molecule has 2 aromatic rings. The van der Waals surface area contributed by atoms with Gasteiger partial charge in [-0.15, -0.1) is 0 Å². The van der Waals surface area contributed by atoms with Crippen LogP contribution in [0.1, 0.15) is 20.7 Å². The number of hydrogen-bond donors (Lipinski definition) is 2. The predicted molar refractivity (Wildman–Crippen MR) is 70.9 cm³/mol. The second kappa shape index (κ2) is 8.79. The molecule has 0 aliphatic carbocycles. The van der Waals surface area contributed by atoms with Crippen molar-refractivity contribution < 1.29 is 19.8 Å². The van der Waals surface area contributed by atoms with E-state index in [1.807, 2.05) is 0 Å². The van der Waals surface area contributed by atoms with Crippen molar-refractivity contribution in [3.8, 4) is 0 Å². The number of carbonyl (C=O) groups is 2. The summed E-state index contributed by atoms with van der Waals surface area (Å²) in [7, 11) is 0. The molecule has 0 spiro atoms. The van der Waals surface area contributed by atoms with Crippen LogP contribution in [0.3, 0.4) is 0 Å². The third-order valence-electron chi connectivity index (χ3n) is 1.82. The van der Waals surface area contributed by atoms with Gasteiger partial charge in [0.15, 0.2) is 0 Å². The third kappa shape index (κ3) is 6.30. The summed E-state index contributed by atoms with van der Waals surface area (Å²) in [5.41, 5.74) is 0.440. The van der Waals surface area contributed by atoms with Gasteiger partial charge in [-0.05, 0) is 24.3 Å². The average Bonchev–Trinajstić information content (AvgIpc) is 2.41. The molecule has 0 fully saturated rings. The van der Waals surface area contributed by atoms with Gasteiger partial charge in [-0.25, -0.2) is 9.59 Å². The molecule has 0 unspecified atom stereocenters. The summed E-state index contributed by atoms with van der Waals surface area (Å²) in [5, 5.41) is 16.7. The quantitative estimate of drug-likeness (QED) is 0.785. The van der Waals surface area contributed by atoms with Crippen LogP contribution in [-0.4, -0.2) is 49.2 Å². The fourth-order valence-corrected chi connectivity index (χ4v) is 0.979. The summed E-state index contributed by atoms with van der Waals surface area (Å²) in [5.74, 6) is -1.88. The number of carboxylic acids is 2. The molecular weight excluding hydrogens is 315 g/mol. The zero-order valence-corrected chi connectivity index (χ0v) is 11.8. The van der Waals surface area contributed by atoms with Gasteiger partial charge in [-0.1, -0.05) is 0 Å². The maximum absolute atomic E-state index is 10.2. The van der Waals surface area contributed by atoms with Gasteiger partial charge in [0, 0.05) is 24.8 Å². The molecule has 100 valence electrons. The van der Waals surface area contributed by atoms with Crippen molar-refractivity contribution in [3.63, 3.8) is 0 Å². The molecule has 0 bridgehead atoms. The monoisotopic (exact) mass is 328 g/mol. The number of aromatic nitrogens is 2. The first-order chi connectivity index (χ1) is 8.61. The Hall–Kier alpha value is -2.24. The molecule has 2 rings (SSSR count). The summed E-state index contributed by atoms with van der Waals surface area (Å²) in [6.07, 6.45) is 5.68. The fraction of sp³-hybridized carbons (Fsp3) is 0. The van der Waals surface area contributed by atoms with E-state index < -0.39 is 11.9 Å². The van der Waals surface area contributed by atoms with Crippen molar-refractivity contribution in [1.82, 2.24) is 9.97 Å². The van der Waals surface area contributed by atoms with Crippen LogP contribution < -0.4 is 0 Å². The molecule has 0 saturated heterocycles. The summed E-state index contributed by atoms with van der Waals surface area (Å²) in [4.78, 5) is 27.6. The Morgan fingerprint density at radius 1 is 0.842 bits per heavy atom. The first kappa shape index (κ1) is 16.8. The van der Waals surface area contributed by atoms with Crippen LogP contribution in [0.2, 0.25) is 0 Å². The Morgan fingerprint density at radius 2 is 1.21 bits per heavy atom. The molecule has 6 nitrogen and oxygen atoms in total. The van der Waals surface area contributed by atoms with Crippen LogP contribution in [-0.2, 0) is 0 Å².